The molecule has 0 aliphatic carbocycles. The van der Waals surface area contributed by atoms with Crippen LogP contribution in [0, 0.1) is 0 Å². The first-order chi connectivity index (χ1) is 24.0. The van der Waals surface area contributed by atoms with E-state index in [0.717, 1.165) is 22.3 Å². The second kappa shape index (κ2) is 12.6. The lowest BCUT2D eigenvalue weighted by Crippen LogP contribution is -2.55. The third-order valence-corrected chi connectivity index (χ3v) is 9.47. The number of hydrogen-bond acceptors (Lipinski definition) is 3. The minimum absolute atomic E-state index is 0.201. The first kappa shape index (κ1) is 30.4. The number of carbonyl (C=O) groups excluding carboxylic acids is 2. The summed E-state index contributed by atoms with van der Waals surface area (Å²) in [6.45, 7) is 0. The maximum atomic E-state index is 15.5. The maximum Gasteiger partial charge on any atom is 0.266 e. The van der Waals surface area contributed by atoms with Gasteiger partial charge in [0.15, 0.2) is 0 Å². The van der Waals surface area contributed by atoms with Crippen molar-refractivity contribution in [3.05, 3.63) is 203 Å². The highest BCUT2D eigenvalue weighted by Gasteiger charge is 2.56. The molecule has 5 nitrogen and oxygen atoms in total. The van der Waals surface area contributed by atoms with E-state index in [9.17, 15) is 4.79 Å². The van der Waals surface area contributed by atoms with Gasteiger partial charge in [-0.15, -0.1) is 0 Å². The standard InChI is InChI=1S/C43H31ClN2O3/c44-35-25-15-22-33(28-35)38-29-43(34-23-11-4-12-24-34)46(37-27-14-13-26-36(37)45(38)41(47)32-20-9-3-10-21-32)42(48)39(30-16-5-1-6-17-30)40(49-43)31-18-7-2-8-19-31/h1-28,38H,29H2/t38-,43-/m1/s1. The van der Waals surface area contributed by atoms with E-state index in [1.807, 2.05) is 170 Å². The van der Waals surface area contributed by atoms with E-state index in [0.29, 0.717) is 33.3 Å². The van der Waals surface area contributed by atoms with Crippen molar-refractivity contribution >= 4 is 46.1 Å². The van der Waals surface area contributed by atoms with Gasteiger partial charge < -0.3 is 4.74 Å². The van der Waals surface area contributed by atoms with Crippen LogP contribution in [0.5, 0.6) is 0 Å². The molecule has 0 saturated heterocycles. The molecular weight excluding hydrogens is 628 g/mol. The van der Waals surface area contributed by atoms with Crippen LogP contribution in [-0.4, -0.2) is 11.8 Å². The summed E-state index contributed by atoms with van der Waals surface area (Å²) in [5.74, 6) is 0.0431. The number of nitrogens with zero attached hydrogens (tertiary/aromatic N) is 2. The summed E-state index contributed by atoms with van der Waals surface area (Å²) in [6, 6.07) is 53.0. The molecule has 0 unspecified atom stereocenters. The number of ether oxygens (including phenoxy) is 1. The Morgan fingerprint density at radius 2 is 1.22 bits per heavy atom. The molecule has 0 fully saturated rings. The van der Waals surface area contributed by atoms with Crippen LogP contribution in [0.25, 0.3) is 11.3 Å². The Bertz CT molecular complexity index is 2190. The summed E-state index contributed by atoms with van der Waals surface area (Å²) >= 11 is 6.65. The second-order valence-corrected chi connectivity index (χ2v) is 12.6. The number of carbonyl (C=O) groups is 2. The average molecular weight is 659 g/mol. The molecule has 2 aliphatic rings. The number of fused-ring (bicyclic) bond motifs is 3. The van der Waals surface area contributed by atoms with Gasteiger partial charge in [0.05, 0.1) is 23.0 Å². The topological polar surface area (TPSA) is 49.9 Å². The molecule has 6 heteroatoms. The van der Waals surface area contributed by atoms with Crippen LogP contribution in [0.15, 0.2) is 170 Å². The fourth-order valence-electron chi connectivity index (χ4n) is 7.06. The molecular formula is C43H31ClN2O3. The molecule has 0 spiro atoms. The Kier molecular flexibility index (Phi) is 7.83. The Labute approximate surface area is 290 Å². The molecule has 0 N–H and O–H groups in total. The lowest BCUT2D eigenvalue weighted by atomic mass is 9.86. The highest BCUT2D eigenvalue weighted by atomic mass is 35.5. The number of amides is 2. The zero-order valence-corrected chi connectivity index (χ0v) is 27.2. The van der Waals surface area contributed by atoms with Gasteiger partial charge in [0.25, 0.3) is 11.8 Å². The lowest BCUT2D eigenvalue weighted by molar-refractivity contribution is -0.120. The third kappa shape index (κ3) is 5.29. The fourth-order valence-corrected chi connectivity index (χ4v) is 7.26. The zero-order valence-electron chi connectivity index (χ0n) is 26.4. The molecule has 2 amide bonds. The highest BCUT2D eigenvalue weighted by molar-refractivity contribution is 6.33. The van der Waals surface area contributed by atoms with Crippen LogP contribution in [-0.2, 0) is 15.3 Å². The van der Waals surface area contributed by atoms with Crippen molar-refractivity contribution in [1.82, 2.24) is 0 Å². The first-order valence-electron chi connectivity index (χ1n) is 16.2. The normalized spacial score (nSPS) is 18.6. The van der Waals surface area contributed by atoms with Crippen LogP contribution >= 0.6 is 11.6 Å². The Balaban J connectivity index is 1.47. The SMILES string of the molecule is O=C(c1ccccc1)N1c2ccccc2N2C(=O)C(c3ccccc3)=C(c3ccccc3)O[C@@]2(c2ccccc2)C[C@@H]1c1cccc(Cl)c1. The average Bonchev–Trinajstić information content (AvgIpc) is 3.29. The molecule has 238 valence electrons. The van der Waals surface area contributed by atoms with Crippen LogP contribution in [0.3, 0.4) is 0 Å². The van der Waals surface area contributed by atoms with Gasteiger partial charge >= 0.3 is 0 Å². The van der Waals surface area contributed by atoms with Gasteiger partial charge in [-0.1, -0.05) is 145 Å². The minimum Gasteiger partial charge on any atom is -0.462 e. The van der Waals surface area contributed by atoms with E-state index < -0.39 is 11.8 Å². The Morgan fingerprint density at radius 3 is 1.88 bits per heavy atom. The van der Waals surface area contributed by atoms with E-state index in [1.165, 1.54) is 0 Å². The van der Waals surface area contributed by atoms with Crippen LogP contribution < -0.4 is 9.80 Å². The number of hydrogen-bond donors (Lipinski definition) is 0. The third-order valence-electron chi connectivity index (χ3n) is 9.24. The number of halogens is 1. The van der Waals surface area contributed by atoms with Crippen molar-refractivity contribution in [2.45, 2.75) is 18.2 Å². The molecule has 6 aromatic rings. The van der Waals surface area contributed by atoms with Gasteiger partial charge in [-0.25, -0.2) is 0 Å². The summed E-state index contributed by atoms with van der Waals surface area (Å²) in [5, 5.41) is 0.546. The number of rotatable bonds is 5. The second-order valence-electron chi connectivity index (χ2n) is 12.1. The van der Waals surface area contributed by atoms with Crippen LogP contribution in [0.2, 0.25) is 5.02 Å². The van der Waals surface area contributed by atoms with E-state index in [1.54, 1.807) is 9.80 Å². The van der Waals surface area contributed by atoms with Crippen molar-refractivity contribution in [2.24, 2.45) is 0 Å². The monoisotopic (exact) mass is 658 g/mol. The predicted molar refractivity (Wildman–Crippen MR) is 195 cm³/mol. The summed E-state index contributed by atoms with van der Waals surface area (Å²) in [7, 11) is 0. The van der Waals surface area contributed by atoms with Crippen molar-refractivity contribution in [1.29, 1.82) is 0 Å². The molecule has 2 atom stereocenters. The molecule has 49 heavy (non-hydrogen) atoms. The fraction of sp³-hybridized carbons (Fsp3) is 0.0698. The lowest BCUT2D eigenvalue weighted by Gasteiger charge is -2.48. The van der Waals surface area contributed by atoms with Gasteiger partial charge in [0.1, 0.15) is 5.76 Å². The van der Waals surface area contributed by atoms with E-state index in [2.05, 4.69) is 0 Å². The van der Waals surface area contributed by atoms with Crippen LogP contribution in [0.4, 0.5) is 11.4 Å². The van der Waals surface area contributed by atoms with Gasteiger partial charge in [0.2, 0.25) is 5.72 Å². The summed E-state index contributed by atoms with van der Waals surface area (Å²) in [5.41, 5.74) is 3.85. The largest absolute Gasteiger partial charge is 0.462 e. The molecule has 0 radical (unpaired) electrons. The Morgan fingerprint density at radius 1 is 0.653 bits per heavy atom. The van der Waals surface area contributed by atoms with E-state index in [4.69, 9.17) is 16.3 Å². The highest BCUT2D eigenvalue weighted by Crippen LogP contribution is 2.56. The van der Waals surface area contributed by atoms with E-state index in [-0.39, 0.29) is 18.2 Å². The van der Waals surface area contributed by atoms with Crippen LogP contribution in [0.1, 0.15) is 45.1 Å². The molecule has 2 aliphatic heterocycles. The zero-order chi connectivity index (χ0) is 33.4. The van der Waals surface area contributed by atoms with E-state index >= 15 is 4.79 Å². The number of anilines is 2. The summed E-state index contributed by atoms with van der Waals surface area (Å²) in [6.07, 6.45) is 0.203. The molecule has 0 bridgehead atoms. The molecule has 2 heterocycles. The molecule has 8 rings (SSSR count). The smallest absolute Gasteiger partial charge is 0.266 e. The minimum atomic E-state index is -1.38. The Hall–Kier alpha value is -5.91. The number of para-hydroxylation sites is 2. The van der Waals surface area contributed by atoms with Crippen molar-refractivity contribution in [2.75, 3.05) is 9.80 Å². The van der Waals surface area contributed by atoms with Gasteiger partial charge in [-0.2, -0.15) is 0 Å². The van der Waals surface area contributed by atoms with Gasteiger partial charge in [0, 0.05) is 28.1 Å². The summed E-state index contributed by atoms with van der Waals surface area (Å²) < 4.78 is 7.45. The molecule has 6 aromatic carbocycles. The van der Waals surface area contributed by atoms with Crippen molar-refractivity contribution in [3.63, 3.8) is 0 Å². The number of benzene rings is 6. The molecule has 0 saturated carbocycles. The van der Waals surface area contributed by atoms with Gasteiger partial charge in [-0.3, -0.25) is 19.4 Å². The van der Waals surface area contributed by atoms with Crippen molar-refractivity contribution in [3.8, 4) is 0 Å². The quantitative estimate of drug-likeness (QED) is 0.185. The van der Waals surface area contributed by atoms with Gasteiger partial charge in [-0.05, 0) is 47.5 Å². The maximum absolute atomic E-state index is 15.5. The first-order valence-corrected chi connectivity index (χ1v) is 16.6. The molecule has 0 aromatic heterocycles. The van der Waals surface area contributed by atoms with Crippen molar-refractivity contribution < 1.29 is 14.3 Å². The summed E-state index contributed by atoms with van der Waals surface area (Å²) in [4.78, 5) is 33.9. The predicted octanol–water partition coefficient (Wildman–Crippen LogP) is 9.92.